The smallest absolute Gasteiger partial charge is 0.0738 e. The van der Waals surface area contributed by atoms with Crippen LogP contribution in [-0.2, 0) is 13.5 Å². The fourth-order valence-corrected chi connectivity index (χ4v) is 4.00. The van der Waals surface area contributed by atoms with Crippen molar-refractivity contribution in [3.63, 3.8) is 0 Å². The average Bonchev–Trinajstić information content (AvgIpc) is 2.84. The van der Waals surface area contributed by atoms with Crippen molar-refractivity contribution in [1.29, 1.82) is 0 Å². The molecule has 1 unspecified atom stereocenters. The summed E-state index contributed by atoms with van der Waals surface area (Å²) < 4.78 is 4.20. The number of hydrogen-bond acceptors (Lipinski definition) is 3. The maximum absolute atomic E-state index is 4.43. The fraction of sp³-hybridized carbons (Fsp3) is 0.417. The molecule has 0 aromatic carbocycles. The molecule has 1 N–H and O–H groups in total. The van der Waals surface area contributed by atoms with E-state index in [1.54, 1.807) is 11.3 Å². The van der Waals surface area contributed by atoms with Gasteiger partial charge in [0, 0.05) is 34.2 Å². The molecule has 2 aromatic rings. The van der Waals surface area contributed by atoms with Crippen molar-refractivity contribution >= 4 is 43.2 Å². The lowest BCUT2D eigenvalue weighted by atomic mass is 10.1. The van der Waals surface area contributed by atoms with Crippen molar-refractivity contribution < 1.29 is 0 Å². The summed E-state index contributed by atoms with van der Waals surface area (Å²) >= 11 is 8.89. The van der Waals surface area contributed by atoms with Gasteiger partial charge in [-0.1, -0.05) is 0 Å². The van der Waals surface area contributed by atoms with Crippen molar-refractivity contribution in [3.8, 4) is 0 Å². The SMILES string of the molecule is CNC(Cc1c(Br)c(C)nn1C)c1cc(Br)cs1. The van der Waals surface area contributed by atoms with Crippen LogP contribution in [0, 0.1) is 6.92 Å². The van der Waals surface area contributed by atoms with Crippen molar-refractivity contribution in [2.45, 2.75) is 19.4 Å². The number of rotatable bonds is 4. The summed E-state index contributed by atoms with van der Waals surface area (Å²) in [4.78, 5) is 1.33. The zero-order valence-electron chi connectivity index (χ0n) is 10.5. The molecule has 0 radical (unpaired) electrons. The Morgan fingerprint density at radius 1 is 1.50 bits per heavy atom. The molecule has 0 aliphatic carbocycles. The molecule has 0 aliphatic rings. The molecule has 18 heavy (non-hydrogen) atoms. The molecule has 2 aromatic heterocycles. The summed E-state index contributed by atoms with van der Waals surface area (Å²) in [5, 5.41) is 9.92. The second kappa shape index (κ2) is 5.86. The van der Waals surface area contributed by atoms with Crippen LogP contribution >= 0.6 is 43.2 Å². The summed E-state index contributed by atoms with van der Waals surface area (Å²) in [7, 11) is 3.99. The zero-order chi connectivity index (χ0) is 13.3. The van der Waals surface area contributed by atoms with Crippen LogP contribution in [0.25, 0.3) is 0 Å². The van der Waals surface area contributed by atoms with Crippen LogP contribution < -0.4 is 5.32 Å². The Balaban J connectivity index is 2.25. The molecule has 1 atom stereocenters. The number of nitrogens with one attached hydrogen (secondary N) is 1. The van der Waals surface area contributed by atoms with E-state index in [1.807, 2.05) is 25.7 Å². The molecular formula is C12H15Br2N3S. The number of thiophene rings is 1. The van der Waals surface area contributed by atoms with E-state index < -0.39 is 0 Å². The van der Waals surface area contributed by atoms with Crippen molar-refractivity contribution in [1.82, 2.24) is 15.1 Å². The molecule has 3 nitrogen and oxygen atoms in total. The Kier molecular flexibility index (Phi) is 4.64. The number of hydrogen-bond donors (Lipinski definition) is 1. The highest BCUT2D eigenvalue weighted by Gasteiger charge is 2.18. The summed E-state index contributed by atoms with van der Waals surface area (Å²) in [6.07, 6.45) is 0.918. The van der Waals surface area contributed by atoms with E-state index in [0.29, 0.717) is 6.04 Å². The van der Waals surface area contributed by atoms with E-state index in [0.717, 1.165) is 21.1 Å². The Bertz CT molecular complexity index is 548. The first kappa shape index (κ1) is 14.2. The summed E-state index contributed by atoms with van der Waals surface area (Å²) in [6, 6.07) is 2.48. The molecule has 98 valence electrons. The zero-order valence-corrected chi connectivity index (χ0v) is 14.5. The third-order valence-corrected chi connectivity index (χ3v) is 5.78. The lowest BCUT2D eigenvalue weighted by Crippen LogP contribution is -2.19. The predicted octanol–water partition coefficient (Wildman–Crippen LogP) is 3.82. The molecule has 0 fully saturated rings. The summed E-state index contributed by atoms with van der Waals surface area (Å²) in [6.45, 7) is 2.02. The molecule has 2 heterocycles. The Labute approximate surface area is 128 Å². The normalized spacial score (nSPS) is 12.9. The van der Waals surface area contributed by atoms with Gasteiger partial charge >= 0.3 is 0 Å². The minimum absolute atomic E-state index is 0.312. The first-order valence-corrected chi connectivity index (χ1v) is 8.08. The van der Waals surface area contributed by atoms with Gasteiger partial charge in [-0.15, -0.1) is 11.3 Å². The van der Waals surface area contributed by atoms with Gasteiger partial charge in [0.2, 0.25) is 0 Å². The highest BCUT2D eigenvalue weighted by molar-refractivity contribution is 9.10. The lowest BCUT2D eigenvalue weighted by molar-refractivity contribution is 0.568. The second-order valence-electron chi connectivity index (χ2n) is 4.18. The van der Waals surface area contributed by atoms with Crippen LogP contribution in [0.4, 0.5) is 0 Å². The van der Waals surface area contributed by atoms with Crippen molar-refractivity contribution in [2.75, 3.05) is 7.05 Å². The average molecular weight is 393 g/mol. The van der Waals surface area contributed by atoms with E-state index >= 15 is 0 Å². The number of likely N-dealkylation sites (N-methyl/N-ethyl adjacent to an activating group) is 1. The van der Waals surface area contributed by atoms with Gasteiger partial charge in [0.05, 0.1) is 15.9 Å². The van der Waals surface area contributed by atoms with Crippen LogP contribution in [-0.4, -0.2) is 16.8 Å². The maximum Gasteiger partial charge on any atom is 0.0738 e. The molecule has 0 saturated heterocycles. The van der Waals surface area contributed by atoms with Gasteiger partial charge in [-0.25, -0.2) is 0 Å². The molecule has 0 spiro atoms. The largest absolute Gasteiger partial charge is 0.312 e. The molecule has 0 aliphatic heterocycles. The molecular weight excluding hydrogens is 378 g/mol. The fourth-order valence-electron chi connectivity index (χ4n) is 1.95. The Hall–Kier alpha value is -0.170. The Morgan fingerprint density at radius 3 is 2.67 bits per heavy atom. The molecule has 6 heteroatoms. The first-order chi connectivity index (χ1) is 8.52. The minimum Gasteiger partial charge on any atom is -0.312 e. The van der Waals surface area contributed by atoms with Crippen LogP contribution in [0.2, 0.25) is 0 Å². The van der Waals surface area contributed by atoms with E-state index in [9.17, 15) is 0 Å². The van der Waals surface area contributed by atoms with Crippen molar-refractivity contribution in [2.24, 2.45) is 7.05 Å². The van der Waals surface area contributed by atoms with Crippen LogP contribution in [0.15, 0.2) is 20.4 Å². The number of aryl methyl sites for hydroxylation is 2. The highest BCUT2D eigenvalue weighted by atomic mass is 79.9. The van der Waals surface area contributed by atoms with Gasteiger partial charge < -0.3 is 5.32 Å². The standard InChI is InChI=1S/C12H15Br2N3S/c1-7-12(14)10(17(3)16-7)5-9(15-2)11-4-8(13)6-18-11/h4,6,9,15H,5H2,1-3H3. The molecule has 0 amide bonds. The van der Waals surface area contributed by atoms with Gasteiger partial charge in [-0.05, 0) is 51.9 Å². The number of aromatic nitrogens is 2. The first-order valence-electron chi connectivity index (χ1n) is 5.62. The Morgan fingerprint density at radius 2 is 2.22 bits per heavy atom. The lowest BCUT2D eigenvalue weighted by Gasteiger charge is -2.15. The van der Waals surface area contributed by atoms with Crippen LogP contribution in [0.1, 0.15) is 22.3 Å². The van der Waals surface area contributed by atoms with E-state index in [1.165, 1.54) is 10.6 Å². The van der Waals surface area contributed by atoms with Gasteiger partial charge in [-0.3, -0.25) is 4.68 Å². The topological polar surface area (TPSA) is 29.9 Å². The molecule has 2 rings (SSSR count). The number of nitrogens with zero attached hydrogens (tertiary/aromatic N) is 2. The molecule has 0 bridgehead atoms. The quantitative estimate of drug-likeness (QED) is 0.856. The predicted molar refractivity (Wildman–Crippen MR) is 83.2 cm³/mol. The summed E-state index contributed by atoms with van der Waals surface area (Å²) in [5.74, 6) is 0. The van der Waals surface area contributed by atoms with Crippen LogP contribution in [0.3, 0.4) is 0 Å². The molecule has 0 saturated carbocycles. The van der Waals surface area contributed by atoms with E-state index in [-0.39, 0.29) is 0 Å². The minimum atomic E-state index is 0.312. The van der Waals surface area contributed by atoms with E-state index in [2.05, 4.69) is 53.7 Å². The highest BCUT2D eigenvalue weighted by Crippen LogP contribution is 2.30. The van der Waals surface area contributed by atoms with Gasteiger partial charge in [0.1, 0.15) is 0 Å². The summed E-state index contributed by atoms with van der Waals surface area (Å²) in [5.41, 5.74) is 2.26. The maximum atomic E-state index is 4.43. The van der Waals surface area contributed by atoms with Gasteiger partial charge in [0.25, 0.3) is 0 Å². The van der Waals surface area contributed by atoms with Gasteiger partial charge in [0.15, 0.2) is 0 Å². The second-order valence-corrected chi connectivity index (χ2v) is 6.83. The van der Waals surface area contributed by atoms with Crippen LogP contribution in [0.5, 0.6) is 0 Å². The third-order valence-electron chi connectivity index (χ3n) is 2.94. The monoisotopic (exact) mass is 391 g/mol. The van der Waals surface area contributed by atoms with Gasteiger partial charge in [-0.2, -0.15) is 5.10 Å². The van der Waals surface area contributed by atoms with E-state index in [4.69, 9.17) is 0 Å². The third kappa shape index (κ3) is 2.87. The number of halogens is 2. The van der Waals surface area contributed by atoms with Crippen molar-refractivity contribution in [3.05, 3.63) is 36.7 Å².